The Balaban J connectivity index is 2.18. The van der Waals surface area contributed by atoms with Crippen molar-refractivity contribution in [1.29, 1.82) is 0 Å². The minimum absolute atomic E-state index is 0.0718. The van der Waals surface area contributed by atoms with Gasteiger partial charge in [-0.25, -0.2) is 0 Å². The van der Waals surface area contributed by atoms with E-state index in [1.807, 2.05) is 13.8 Å². The van der Waals surface area contributed by atoms with Crippen molar-refractivity contribution in [2.75, 3.05) is 13.2 Å². The maximum atomic E-state index is 9.06. The molecule has 1 aliphatic rings. The summed E-state index contributed by atoms with van der Waals surface area (Å²) >= 11 is 0. The summed E-state index contributed by atoms with van der Waals surface area (Å²) in [4.78, 5) is 0. The number of fused-ring (bicyclic) bond motifs is 1. The molecule has 2 N–H and O–H groups in total. The molecule has 1 aromatic rings. The van der Waals surface area contributed by atoms with Gasteiger partial charge in [0, 0.05) is 30.1 Å². The lowest BCUT2D eigenvalue weighted by Crippen LogP contribution is -2.28. The number of ether oxygens (including phenoxy) is 2. The molecule has 0 spiro atoms. The fourth-order valence-corrected chi connectivity index (χ4v) is 2.26. The van der Waals surface area contributed by atoms with Gasteiger partial charge in [0.05, 0.1) is 13.2 Å². The molecule has 0 saturated heterocycles. The summed E-state index contributed by atoms with van der Waals surface area (Å²) in [5, 5.41) is 12.3. The van der Waals surface area contributed by atoms with E-state index in [1.165, 1.54) is 5.56 Å². The molecule has 1 aliphatic heterocycles. The molecule has 2 rings (SSSR count). The highest BCUT2D eigenvalue weighted by atomic mass is 16.5. The fourth-order valence-electron chi connectivity index (χ4n) is 2.26. The van der Waals surface area contributed by atoms with E-state index in [0.717, 1.165) is 23.5 Å². The molecule has 2 unspecified atom stereocenters. The molecule has 1 aromatic carbocycles. The van der Waals surface area contributed by atoms with Crippen LogP contribution in [0.15, 0.2) is 12.1 Å². The van der Waals surface area contributed by atoms with Gasteiger partial charge in [-0.2, -0.15) is 0 Å². The number of benzene rings is 1. The highest BCUT2D eigenvalue weighted by Gasteiger charge is 2.21. The number of hydrogen-bond donors (Lipinski definition) is 2. The lowest BCUT2D eigenvalue weighted by atomic mass is 10.1. The van der Waals surface area contributed by atoms with Crippen molar-refractivity contribution >= 4 is 0 Å². The normalized spacial score (nSPS) is 18.8. The Kier molecular flexibility index (Phi) is 4.66. The Morgan fingerprint density at radius 1 is 1.53 bits per heavy atom. The first-order chi connectivity index (χ1) is 9.13. The number of hydrogen-bond acceptors (Lipinski definition) is 4. The van der Waals surface area contributed by atoms with Gasteiger partial charge in [0.2, 0.25) is 0 Å². The van der Waals surface area contributed by atoms with Crippen molar-refractivity contribution in [2.45, 2.75) is 45.9 Å². The van der Waals surface area contributed by atoms with E-state index < -0.39 is 0 Å². The van der Waals surface area contributed by atoms with E-state index in [4.69, 9.17) is 14.6 Å². The van der Waals surface area contributed by atoms with E-state index in [2.05, 4.69) is 24.4 Å². The third-order valence-corrected chi connectivity index (χ3v) is 3.29. The topological polar surface area (TPSA) is 50.7 Å². The Labute approximate surface area is 114 Å². The van der Waals surface area contributed by atoms with Gasteiger partial charge in [0.1, 0.15) is 17.6 Å². The predicted molar refractivity (Wildman–Crippen MR) is 74.8 cm³/mol. The maximum Gasteiger partial charge on any atom is 0.124 e. The zero-order valence-electron chi connectivity index (χ0n) is 11.9. The number of rotatable bonds is 6. The van der Waals surface area contributed by atoms with Crippen LogP contribution in [0.1, 0.15) is 31.9 Å². The predicted octanol–water partition coefficient (Wildman–Crippen LogP) is 1.88. The molecular weight excluding hydrogens is 242 g/mol. The average molecular weight is 265 g/mol. The summed E-state index contributed by atoms with van der Waals surface area (Å²) in [5.41, 5.74) is 2.30. The molecule has 0 aliphatic carbocycles. The van der Waals surface area contributed by atoms with Gasteiger partial charge >= 0.3 is 0 Å². The van der Waals surface area contributed by atoms with Gasteiger partial charge in [0.25, 0.3) is 0 Å². The highest BCUT2D eigenvalue weighted by molar-refractivity contribution is 5.48. The average Bonchev–Trinajstić information content (AvgIpc) is 2.75. The van der Waals surface area contributed by atoms with Gasteiger partial charge in [-0.05, 0) is 32.9 Å². The number of aliphatic hydroxyl groups is 1. The second-order valence-electron chi connectivity index (χ2n) is 5.10. The van der Waals surface area contributed by atoms with Crippen LogP contribution in [-0.2, 0) is 13.0 Å². The first-order valence-corrected chi connectivity index (χ1v) is 6.93. The highest BCUT2D eigenvalue weighted by Crippen LogP contribution is 2.35. The molecule has 0 radical (unpaired) electrons. The molecule has 0 amide bonds. The molecule has 4 nitrogen and oxygen atoms in total. The van der Waals surface area contributed by atoms with Crippen LogP contribution < -0.4 is 14.8 Å². The van der Waals surface area contributed by atoms with Gasteiger partial charge in [-0.15, -0.1) is 0 Å². The van der Waals surface area contributed by atoms with Crippen LogP contribution in [0.3, 0.4) is 0 Å². The van der Waals surface area contributed by atoms with Crippen molar-refractivity contribution in [2.24, 2.45) is 0 Å². The van der Waals surface area contributed by atoms with Crippen molar-refractivity contribution in [3.8, 4) is 11.5 Å². The lowest BCUT2D eigenvalue weighted by molar-refractivity contribution is 0.249. The molecule has 0 saturated carbocycles. The second-order valence-corrected chi connectivity index (χ2v) is 5.10. The smallest absolute Gasteiger partial charge is 0.124 e. The van der Waals surface area contributed by atoms with Gasteiger partial charge in [-0.3, -0.25) is 0 Å². The van der Waals surface area contributed by atoms with E-state index in [9.17, 15) is 0 Å². The summed E-state index contributed by atoms with van der Waals surface area (Å²) in [5.74, 6) is 1.88. The van der Waals surface area contributed by atoms with Crippen LogP contribution >= 0.6 is 0 Å². The lowest BCUT2D eigenvalue weighted by Gasteiger charge is -2.15. The summed E-state index contributed by atoms with van der Waals surface area (Å²) in [7, 11) is 0. The third kappa shape index (κ3) is 3.39. The molecule has 4 heteroatoms. The van der Waals surface area contributed by atoms with Crippen molar-refractivity contribution in [1.82, 2.24) is 5.32 Å². The molecule has 106 valence electrons. The Hall–Kier alpha value is -1.26. The van der Waals surface area contributed by atoms with Crippen molar-refractivity contribution in [3.05, 3.63) is 23.3 Å². The molecule has 2 atom stereocenters. The quantitative estimate of drug-likeness (QED) is 0.824. The molecule has 19 heavy (non-hydrogen) atoms. The Bertz CT molecular complexity index is 434. The number of nitrogens with one attached hydrogen (secondary N) is 1. The molecular formula is C15H23NO3. The van der Waals surface area contributed by atoms with E-state index >= 15 is 0 Å². The summed E-state index contributed by atoms with van der Waals surface area (Å²) in [6.07, 6.45) is 1.18. The summed E-state index contributed by atoms with van der Waals surface area (Å²) < 4.78 is 11.5. The van der Waals surface area contributed by atoms with Crippen LogP contribution in [0.4, 0.5) is 0 Å². The first kappa shape index (κ1) is 14.2. The van der Waals surface area contributed by atoms with E-state index in [0.29, 0.717) is 13.2 Å². The minimum atomic E-state index is 0.0718. The van der Waals surface area contributed by atoms with Gasteiger partial charge < -0.3 is 19.9 Å². The zero-order valence-corrected chi connectivity index (χ0v) is 11.9. The van der Waals surface area contributed by atoms with Crippen molar-refractivity contribution in [3.63, 3.8) is 0 Å². The van der Waals surface area contributed by atoms with Crippen LogP contribution in [0.5, 0.6) is 11.5 Å². The Morgan fingerprint density at radius 2 is 2.32 bits per heavy atom. The van der Waals surface area contributed by atoms with E-state index in [-0.39, 0.29) is 18.8 Å². The summed E-state index contributed by atoms with van der Waals surface area (Å²) in [6, 6.07) is 4.21. The van der Waals surface area contributed by atoms with Crippen molar-refractivity contribution < 1.29 is 14.6 Å². The third-order valence-electron chi connectivity index (χ3n) is 3.29. The zero-order chi connectivity index (χ0) is 13.8. The maximum absolute atomic E-state index is 9.06. The number of aliphatic hydroxyl groups excluding tert-OH is 1. The van der Waals surface area contributed by atoms with Crippen LogP contribution in [-0.4, -0.2) is 30.5 Å². The Morgan fingerprint density at radius 3 is 3.00 bits per heavy atom. The first-order valence-electron chi connectivity index (χ1n) is 6.93. The summed E-state index contributed by atoms with van der Waals surface area (Å²) in [6.45, 7) is 7.46. The monoisotopic (exact) mass is 265 g/mol. The molecule has 0 aromatic heterocycles. The van der Waals surface area contributed by atoms with E-state index in [1.54, 1.807) is 0 Å². The largest absolute Gasteiger partial charge is 0.494 e. The SMILES string of the molecule is CCOc1cc2c(cc1CNC(C)CO)OC(C)C2. The molecule has 0 bridgehead atoms. The molecule has 1 heterocycles. The second kappa shape index (κ2) is 6.26. The standard InChI is InChI=1S/C15H23NO3/c1-4-18-14-6-12-5-11(3)19-15(12)7-13(14)8-16-10(2)9-17/h6-7,10-11,16-17H,4-5,8-9H2,1-3H3. The fraction of sp³-hybridized carbons (Fsp3) is 0.600. The van der Waals surface area contributed by atoms with Gasteiger partial charge in [-0.1, -0.05) is 0 Å². The van der Waals surface area contributed by atoms with Gasteiger partial charge in [0.15, 0.2) is 0 Å². The van der Waals surface area contributed by atoms with Crippen LogP contribution in [0.2, 0.25) is 0 Å². The van der Waals surface area contributed by atoms with Crippen LogP contribution in [0, 0.1) is 0 Å². The molecule has 0 fully saturated rings. The van der Waals surface area contributed by atoms with Crippen LogP contribution in [0.25, 0.3) is 0 Å². The minimum Gasteiger partial charge on any atom is -0.494 e.